The molecular formula is C31H30FN2O5PS. The number of halogens is 1. The van der Waals surface area contributed by atoms with Gasteiger partial charge in [0.15, 0.2) is 5.11 Å². The molecule has 1 fully saturated rings. The molecule has 7 nitrogen and oxygen atoms in total. The standard InChI is InChI=1S/C31H30FN2O5PS/c32-23-14-9-21(10-15-23)28(35)8-4-7-27-30(34(31(41)33-27)24-5-2-1-3-6-24)26-18-13-22(19-29(26)36)20-11-16-25(17-12-20)40(37,38)39/h1-3,5-6,9-19,27-28,30,35-36H,4,7-8H2,(H,33,41)(H2,37,38,39). The molecule has 1 aliphatic rings. The minimum absolute atomic E-state index is 0.0651. The molecule has 1 saturated heterocycles. The first-order valence-corrected chi connectivity index (χ1v) is 15.2. The minimum Gasteiger partial charge on any atom is -0.508 e. The molecule has 10 heteroatoms. The Balaban J connectivity index is 1.40. The smallest absolute Gasteiger partial charge is 0.356 e. The lowest BCUT2D eigenvalue weighted by Crippen LogP contribution is -2.29. The average Bonchev–Trinajstić information content (AvgIpc) is 3.28. The maximum Gasteiger partial charge on any atom is 0.356 e. The first kappa shape index (κ1) is 28.9. The van der Waals surface area contributed by atoms with E-state index in [1.54, 1.807) is 30.3 Å². The largest absolute Gasteiger partial charge is 0.508 e. The number of anilines is 1. The average molecular weight is 593 g/mol. The molecule has 0 bridgehead atoms. The number of phenolic OH excluding ortho intramolecular Hbond substituents is 1. The fourth-order valence-electron chi connectivity index (χ4n) is 5.27. The zero-order valence-corrected chi connectivity index (χ0v) is 23.7. The summed E-state index contributed by atoms with van der Waals surface area (Å²) in [5, 5.41) is 25.8. The molecule has 1 aliphatic heterocycles. The number of rotatable bonds is 9. The molecule has 1 heterocycles. The molecule has 212 valence electrons. The van der Waals surface area contributed by atoms with Gasteiger partial charge in [0.1, 0.15) is 11.6 Å². The number of phenols is 1. The van der Waals surface area contributed by atoms with Crippen LogP contribution in [0.3, 0.4) is 0 Å². The quantitative estimate of drug-likeness (QED) is 0.124. The number of aliphatic hydroxyl groups is 1. The van der Waals surface area contributed by atoms with Crippen LogP contribution >= 0.6 is 19.8 Å². The van der Waals surface area contributed by atoms with Crippen molar-refractivity contribution in [2.24, 2.45) is 0 Å². The van der Waals surface area contributed by atoms with Crippen LogP contribution in [-0.2, 0) is 4.57 Å². The fourth-order valence-corrected chi connectivity index (χ4v) is 6.18. The summed E-state index contributed by atoms with van der Waals surface area (Å²) in [6.45, 7) is 0. The lowest BCUT2D eigenvalue weighted by molar-refractivity contribution is 0.162. The Morgan fingerprint density at radius 2 is 1.59 bits per heavy atom. The van der Waals surface area contributed by atoms with Gasteiger partial charge in [-0.05, 0) is 90.6 Å². The van der Waals surface area contributed by atoms with Gasteiger partial charge in [0.05, 0.1) is 23.5 Å². The van der Waals surface area contributed by atoms with Crippen molar-refractivity contribution in [3.63, 3.8) is 0 Å². The number of nitrogens with one attached hydrogen (secondary N) is 1. The molecule has 0 spiro atoms. The molecule has 3 unspecified atom stereocenters. The minimum atomic E-state index is -4.35. The van der Waals surface area contributed by atoms with Crippen molar-refractivity contribution in [3.8, 4) is 16.9 Å². The number of hydrogen-bond acceptors (Lipinski definition) is 4. The second kappa shape index (κ2) is 12.1. The first-order valence-electron chi connectivity index (χ1n) is 13.2. The van der Waals surface area contributed by atoms with Crippen molar-refractivity contribution >= 4 is 35.9 Å². The van der Waals surface area contributed by atoms with Crippen molar-refractivity contribution in [3.05, 3.63) is 114 Å². The highest BCUT2D eigenvalue weighted by Crippen LogP contribution is 2.41. The van der Waals surface area contributed by atoms with Crippen LogP contribution in [0.25, 0.3) is 11.1 Å². The Morgan fingerprint density at radius 3 is 2.22 bits per heavy atom. The number of para-hydroxylation sites is 1. The highest BCUT2D eigenvalue weighted by Gasteiger charge is 2.40. The molecule has 5 N–H and O–H groups in total. The van der Waals surface area contributed by atoms with Gasteiger partial charge in [-0.15, -0.1) is 0 Å². The zero-order chi connectivity index (χ0) is 29.1. The third-order valence-corrected chi connectivity index (χ3v) is 8.64. The zero-order valence-electron chi connectivity index (χ0n) is 22.0. The molecule has 41 heavy (non-hydrogen) atoms. The maximum absolute atomic E-state index is 13.3. The van der Waals surface area contributed by atoms with Gasteiger partial charge in [-0.2, -0.15) is 0 Å². The van der Waals surface area contributed by atoms with Crippen LogP contribution in [0.15, 0.2) is 97.1 Å². The van der Waals surface area contributed by atoms with Crippen molar-refractivity contribution in [1.82, 2.24) is 5.32 Å². The molecular weight excluding hydrogens is 562 g/mol. The van der Waals surface area contributed by atoms with Crippen LogP contribution in [0, 0.1) is 5.82 Å². The van der Waals surface area contributed by atoms with E-state index in [0.29, 0.717) is 46.6 Å². The first-order chi connectivity index (χ1) is 19.6. The van der Waals surface area contributed by atoms with E-state index in [-0.39, 0.29) is 29.0 Å². The number of aromatic hydroxyl groups is 1. The van der Waals surface area contributed by atoms with Crippen molar-refractivity contribution < 1.29 is 29.0 Å². The summed E-state index contributed by atoms with van der Waals surface area (Å²) in [4.78, 5) is 20.8. The van der Waals surface area contributed by atoms with Crippen LogP contribution < -0.4 is 15.5 Å². The summed E-state index contributed by atoms with van der Waals surface area (Å²) in [7, 11) is -4.35. The SMILES string of the molecule is O=P(O)(O)c1ccc(-c2ccc(C3C(CCCC(O)c4ccc(F)cc4)NC(=S)N3c3ccccc3)c(O)c2)cc1. The second-order valence-electron chi connectivity index (χ2n) is 10.1. The highest BCUT2D eigenvalue weighted by molar-refractivity contribution is 7.80. The molecule has 4 aromatic carbocycles. The highest BCUT2D eigenvalue weighted by atomic mass is 32.1. The normalized spacial score (nSPS) is 17.9. The number of hydrogen-bond donors (Lipinski definition) is 5. The molecule has 0 aromatic heterocycles. The summed E-state index contributed by atoms with van der Waals surface area (Å²) in [6, 6.07) is 26.4. The Bertz CT molecular complexity index is 1560. The van der Waals surface area contributed by atoms with Gasteiger partial charge in [0.2, 0.25) is 0 Å². The Hall–Kier alpha value is -3.59. The monoisotopic (exact) mass is 592 g/mol. The van der Waals surface area contributed by atoms with Gasteiger partial charge < -0.3 is 30.2 Å². The van der Waals surface area contributed by atoms with Crippen LogP contribution in [0.1, 0.15) is 42.5 Å². The van der Waals surface area contributed by atoms with E-state index in [4.69, 9.17) is 12.2 Å². The fraction of sp³-hybridized carbons (Fsp3) is 0.194. The number of nitrogens with zero attached hydrogens (tertiary/aromatic N) is 1. The van der Waals surface area contributed by atoms with Crippen molar-refractivity contribution in [2.45, 2.75) is 37.5 Å². The van der Waals surface area contributed by atoms with E-state index in [0.717, 1.165) is 5.69 Å². The van der Waals surface area contributed by atoms with Crippen LogP contribution in [0.4, 0.5) is 10.1 Å². The Morgan fingerprint density at radius 1 is 0.927 bits per heavy atom. The van der Waals surface area contributed by atoms with E-state index in [2.05, 4.69) is 5.32 Å². The van der Waals surface area contributed by atoms with Gasteiger partial charge in [-0.25, -0.2) is 4.39 Å². The number of thiocarbonyl (C=S) groups is 1. The van der Waals surface area contributed by atoms with E-state index >= 15 is 0 Å². The molecule has 0 radical (unpaired) electrons. The van der Waals surface area contributed by atoms with Gasteiger partial charge in [-0.1, -0.05) is 54.6 Å². The number of benzene rings is 4. The Kier molecular flexibility index (Phi) is 8.54. The van der Waals surface area contributed by atoms with E-state index in [1.807, 2.05) is 47.4 Å². The van der Waals surface area contributed by atoms with Crippen molar-refractivity contribution in [2.75, 3.05) is 4.90 Å². The topological polar surface area (TPSA) is 113 Å². The lowest BCUT2D eigenvalue weighted by atomic mass is 9.92. The van der Waals surface area contributed by atoms with E-state index < -0.39 is 13.7 Å². The van der Waals surface area contributed by atoms with Gasteiger partial charge in [0, 0.05) is 11.3 Å². The third kappa shape index (κ3) is 6.50. The summed E-state index contributed by atoms with van der Waals surface area (Å²) in [5.74, 6) is -0.284. The Labute approximate surface area is 243 Å². The van der Waals surface area contributed by atoms with E-state index in [9.17, 15) is 29.0 Å². The van der Waals surface area contributed by atoms with Gasteiger partial charge in [-0.3, -0.25) is 4.57 Å². The number of aliphatic hydroxyl groups excluding tert-OH is 1. The predicted molar refractivity (Wildman–Crippen MR) is 162 cm³/mol. The van der Waals surface area contributed by atoms with E-state index in [1.165, 1.54) is 24.3 Å². The predicted octanol–water partition coefficient (Wildman–Crippen LogP) is 5.71. The summed E-state index contributed by atoms with van der Waals surface area (Å²) >= 11 is 5.74. The molecule has 4 aromatic rings. The molecule has 0 saturated carbocycles. The molecule has 0 aliphatic carbocycles. The second-order valence-corrected chi connectivity index (χ2v) is 12.1. The van der Waals surface area contributed by atoms with Gasteiger partial charge in [0.25, 0.3) is 0 Å². The molecule has 3 atom stereocenters. The summed E-state index contributed by atoms with van der Waals surface area (Å²) in [6.07, 6.45) is 1.06. The van der Waals surface area contributed by atoms with Crippen LogP contribution in [-0.4, -0.2) is 31.2 Å². The molecule has 5 rings (SSSR count). The summed E-state index contributed by atoms with van der Waals surface area (Å²) in [5.41, 5.74) is 3.60. The van der Waals surface area contributed by atoms with Crippen LogP contribution in [0.2, 0.25) is 0 Å². The molecule has 0 amide bonds. The lowest BCUT2D eigenvalue weighted by Gasteiger charge is -2.29. The van der Waals surface area contributed by atoms with Gasteiger partial charge >= 0.3 is 7.60 Å². The maximum atomic E-state index is 13.3. The van der Waals surface area contributed by atoms with Crippen LogP contribution in [0.5, 0.6) is 5.75 Å². The van der Waals surface area contributed by atoms with Crippen molar-refractivity contribution in [1.29, 1.82) is 0 Å². The summed E-state index contributed by atoms with van der Waals surface area (Å²) < 4.78 is 24.8. The third-order valence-electron chi connectivity index (χ3n) is 7.35.